The average Bonchev–Trinajstić information content (AvgIpc) is 2.61. The van der Waals surface area contributed by atoms with Crippen LogP contribution in [-0.4, -0.2) is 24.8 Å². The second-order valence-corrected chi connectivity index (χ2v) is 6.16. The number of ether oxygens (including phenoxy) is 4. The Morgan fingerprint density at radius 2 is 1.63 bits per heavy atom. The Balaban J connectivity index is 1.82. The number of carbonyl (C=O) groups excluding carboxylic acids is 2. The van der Waals surface area contributed by atoms with Crippen LogP contribution in [0.5, 0.6) is 17.2 Å². The van der Waals surface area contributed by atoms with Gasteiger partial charge in [0.05, 0.1) is 12.8 Å². The van der Waals surface area contributed by atoms with Crippen molar-refractivity contribution in [3.8, 4) is 17.2 Å². The van der Waals surface area contributed by atoms with Crippen LogP contribution in [0.4, 0.5) is 5.69 Å². The van der Waals surface area contributed by atoms with Gasteiger partial charge in [-0.2, -0.15) is 0 Å². The maximum absolute atomic E-state index is 12.0. The van der Waals surface area contributed by atoms with Gasteiger partial charge in [0.2, 0.25) is 0 Å². The molecule has 0 radical (unpaired) electrons. The number of rotatable bonds is 5. The fourth-order valence-corrected chi connectivity index (χ4v) is 2.42. The van der Waals surface area contributed by atoms with Gasteiger partial charge in [-0.3, -0.25) is 0 Å². The van der Waals surface area contributed by atoms with Gasteiger partial charge in [-0.25, -0.2) is 9.59 Å². The minimum absolute atomic E-state index is 0.245. The molecule has 1 aliphatic heterocycles. The second-order valence-electron chi connectivity index (χ2n) is 6.16. The molecule has 0 bridgehead atoms. The van der Waals surface area contributed by atoms with Crippen molar-refractivity contribution in [1.82, 2.24) is 0 Å². The predicted octanol–water partition coefficient (Wildman–Crippen LogP) is 3.62. The first-order valence-corrected chi connectivity index (χ1v) is 8.22. The van der Waals surface area contributed by atoms with E-state index in [1.807, 2.05) is 30.3 Å². The lowest BCUT2D eigenvalue weighted by molar-refractivity contribution is -0.222. The van der Waals surface area contributed by atoms with E-state index in [4.69, 9.17) is 18.9 Å². The zero-order valence-electron chi connectivity index (χ0n) is 15.1. The molecule has 0 atom stereocenters. The quantitative estimate of drug-likeness (QED) is 0.490. The van der Waals surface area contributed by atoms with Gasteiger partial charge in [0.25, 0.3) is 5.79 Å². The van der Waals surface area contributed by atoms with E-state index in [2.05, 4.69) is 5.32 Å². The lowest BCUT2D eigenvalue weighted by Gasteiger charge is -2.29. The van der Waals surface area contributed by atoms with Crippen LogP contribution in [0.1, 0.15) is 13.8 Å². The summed E-state index contributed by atoms with van der Waals surface area (Å²) in [6.45, 7) is 2.97. The van der Waals surface area contributed by atoms with E-state index in [0.717, 1.165) is 0 Å². The van der Waals surface area contributed by atoms with E-state index in [1.165, 1.54) is 27.2 Å². The lowest BCUT2D eigenvalue weighted by Crippen LogP contribution is -2.42. The van der Waals surface area contributed by atoms with Crippen molar-refractivity contribution in [3.63, 3.8) is 0 Å². The SMILES string of the molecule is COc1ccc(Oc2ccccc2)cc1NC=C1C(=O)OC(C)(C)OC1=O. The van der Waals surface area contributed by atoms with Gasteiger partial charge in [-0.05, 0) is 24.3 Å². The van der Waals surface area contributed by atoms with E-state index in [0.29, 0.717) is 22.9 Å². The van der Waals surface area contributed by atoms with Crippen molar-refractivity contribution in [2.24, 2.45) is 0 Å². The largest absolute Gasteiger partial charge is 0.495 e. The van der Waals surface area contributed by atoms with Crippen molar-refractivity contribution in [3.05, 3.63) is 60.3 Å². The number of anilines is 1. The molecule has 0 unspecified atom stereocenters. The molecule has 7 nitrogen and oxygen atoms in total. The molecule has 7 heteroatoms. The minimum atomic E-state index is -1.29. The molecule has 0 amide bonds. The number of carbonyl (C=O) groups is 2. The molecule has 1 N–H and O–H groups in total. The van der Waals surface area contributed by atoms with Crippen LogP contribution in [0.15, 0.2) is 60.3 Å². The highest BCUT2D eigenvalue weighted by molar-refractivity contribution is 6.15. The predicted molar refractivity (Wildman–Crippen MR) is 97.5 cm³/mol. The minimum Gasteiger partial charge on any atom is -0.495 e. The number of para-hydroxylation sites is 1. The van der Waals surface area contributed by atoms with Gasteiger partial charge in [0.15, 0.2) is 5.57 Å². The molecule has 27 heavy (non-hydrogen) atoms. The van der Waals surface area contributed by atoms with Crippen LogP contribution in [0.2, 0.25) is 0 Å². The third kappa shape index (κ3) is 4.38. The highest BCUT2D eigenvalue weighted by Gasteiger charge is 2.39. The van der Waals surface area contributed by atoms with Crippen molar-refractivity contribution >= 4 is 17.6 Å². The van der Waals surface area contributed by atoms with Crippen molar-refractivity contribution in [1.29, 1.82) is 0 Å². The van der Waals surface area contributed by atoms with E-state index >= 15 is 0 Å². The first-order valence-electron chi connectivity index (χ1n) is 8.22. The first-order chi connectivity index (χ1) is 12.9. The highest BCUT2D eigenvalue weighted by atomic mass is 16.7. The number of esters is 2. The number of cyclic esters (lactones) is 2. The summed E-state index contributed by atoms with van der Waals surface area (Å²) in [4.78, 5) is 24.0. The third-order valence-corrected chi connectivity index (χ3v) is 3.64. The van der Waals surface area contributed by atoms with Crippen LogP contribution in [-0.2, 0) is 19.1 Å². The monoisotopic (exact) mass is 369 g/mol. The molecule has 1 aliphatic rings. The lowest BCUT2D eigenvalue weighted by atomic mass is 10.2. The molecule has 1 saturated heterocycles. The zero-order valence-corrected chi connectivity index (χ0v) is 15.1. The van der Waals surface area contributed by atoms with Gasteiger partial charge >= 0.3 is 11.9 Å². The Hall–Kier alpha value is -3.48. The Morgan fingerprint density at radius 3 is 2.26 bits per heavy atom. The van der Waals surface area contributed by atoms with Gasteiger partial charge in [-0.15, -0.1) is 0 Å². The first kappa shape index (κ1) is 18.3. The van der Waals surface area contributed by atoms with E-state index in [9.17, 15) is 9.59 Å². The summed E-state index contributed by atoms with van der Waals surface area (Å²) < 4.78 is 21.2. The molecule has 0 spiro atoms. The Bertz CT molecular complexity index is 867. The topological polar surface area (TPSA) is 83.1 Å². The number of hydrogen-bond acceptors (Lipinski definition) is 7. The third-order valence-electron chi connectivity index (χ3n) is 3.64. The van der Waals surface area contributed by atoms with E-state index in [-0.39, 0.29) is 5.57 Å². The molecule has 140 valence electrons. The molecular weight excluding hydrogens is 350 g/mol. The van der Waals surface area contributed by atoms with Crippen molar-refractivity contribution < 1.29 is 28.5 Å². The number of benzene rings is 2. The maximum Gasteiger partial charge on any atom is 0.350 e. The van der Waals surface area contributed by atoms with Gasteiger partial charge in [0.1, 0.15) is 17.2 Å². The summed E-state index contributed by atoms with van der Waals surface area (Å²) >= 11 is 0. The van der Waals surface area contributed by atoms with Crippen molar-refractivity contribution in [2.45, 2.75) is 19.6 Å². The normalized spacial score (nSPS) is 15.4. The van der Waals surface area contributed by atoms with Gasteiger partial charge < -0.3 is 24.3 Å². The molecule has 0 saturated carbocycles. The van der Waals surface area contributed by atoms with Crippen LogP contribution in [0.3, 0.4) is 0 Å². The molecule has 3 rings (SSSR count). The standard InChI is InChI=1S/C20H19NO6/c1-20(2)26-18(22)15(19(23)27-20)12-21-16-11-14(9-10-17(16)24-3)25-13-7-5-4-6-8-13/h4-12,21H,1-3H3. The van der Waals surface area contributed by atoms with Crippen LogP contribution < -0.4 is 14.8 Å². The van der Waals surface area contributed by atoms with Gasteiger partial charge in [0, 0.05) is 26.1 Å². The van der Waals surface area contributed by atoms with Gasteiger partial charge in [-0.1, -0.05) is 18.2 Å². The Morgan fingerprint density at radius 1 is 0.963 bits per heavy atom. The average molecular weight is 369 g/mol. The Labute approximate surface area is 156 Å². The summed E-state index contributed by atoms with van der Waals surface area (Å²) in [6.07, 6.45) is 1.23. The fraction of sp³-hybridized carbons (Fsp3) is 0.200. The van der Waals surface area contributed by atoms with E-state index in [1.54, 1.807) is 18.2 Å². The van der Waals surface area contributed by atoms with Crippen LogP contribution >= 0.6 is 0 Å². The summed E-state index contributed by atoms with van der Waals surface area (Å²) in [6, 6.07) is 14.4. The summed E-state index contributed by atoms with van der Waals surface area (Å²) in [7, 11) is 1.51. The highest BCUT2D eigenvalue weighted by Crippen LogP contribution is 2.32. The molecule has 1 heterocycles. The number of nitrogens with one attached hydrogen (secondary N) is 1. The molecule has 0 aliphatic carbocycles. The zero-order chi connectivity index (χ0) is 19.4. The summed E-state index contributed by atoms with van der Waals surface area (Å²) in [5.74, 6) is -1.08. The molecular formula is C20H19NO6. The molecule has 1 fully saturated rings. The molecule has 0 aromatic heterocycles. The summed E-state index contributed by atoms with van der Waals surface area (Å²) in [5, 5.41) is 2.88. The fourth-order valence-electron chi connectivity index (χ4n) is 2.42. The second kappa shape index (κ2) is 7.41. The number of hydrogen-bond donors (Lipinski definition) is 1. The Kier molecular flexibility index (Phi) is 5.03. The maximum atomic E-state index is 12.0. The van der Waals surface area contributed by atoms with Crippen LogP contribution in [0.25, 0.3) is 0 Å². The molecule has 2 aromatic carbocycles. The van der Waals surface area contributed by atoms with Crippen LogP contribution in [0, 0.1) is 0 Å². The smallest absolute Gasteiger partial charge is 0.350 e. The number of methoxy groups -OCH3 is 1. The van der Waals surface area contributed by atoms with Crippen molar-refractivity contribution in [2.75, 3.05) is 12.4 Å². The summed E-state index contributed by atoms with van der Waals surface area (Å²) in [5.41, 5.74) is 0.259. The molecule has 2 aromatic rings. The van der Waals surface area contributed by atoms with E-state index < -0.39 is 17.7 Å².